The fraction of sp³-hybridized carbons (Fsp3) is 0.741. The van der Waals surface area contributed by atoms with Crippen LogP contribution in [0.25, 0.3) is 0 Å². The summed E-state index contributed by atoms with van der Waals surface area (Å²) in [5.41, 5.74) is 0. The highest BCUT2D eigenvalue weighted by Gasteiger charge is 2.24. The van der Waals surface area contributed by atoms with Crippen molar-refractivity contribution in [1.82, 2.24) is 5.32 Å². The zero-order valence-electron chi connectivity index (χ0n) is 39.3. The van der Waals surface area contributed by atoms with Crippen LogP contribution in [0.1, 0.15) is 233 Å². The monoisotopic (exact) mass is 838 g/mol. The number of aliphatic hydroxyl groups is 2. The van der Waals surface area contributed by atoms with Crippen molar-refractivity contribution in [2.24, 2.45) is 0 Å². The Morgan fingerprint density at radius 1 is 0.500 bits per heavy atom. The number of amides is 1. The van der Waals surface area contributed by atoms with Gasteiger partial charge in [-0.15, -0.1) is 0 Å². The van der Waals surface area contributed by atoms with Crippen LogP contribution in [0.15, 0.2) is 72.9 Å². The molecule has 3 atom stereocenters. The number of rotatable bonds is 44. The molecular formula is C54H95NO5. The third-order valence-electron chi connectivity index (χ3n) is 11.0. The van der Waals surface area contributed by atoms with E-state index in [0.717, 1.165) is 89.9 Å². The maximum absolute atomic E-state index is 13.2. The minimum Gasteiger partial charge on any atom is -0.462 e. The van der Waals surface area contributed by atoms with Gasteiger partial charge in [0.25, 0.3) is 0 Å². The molecule has 60 heavy (non-hydrogen) atoms. The van der Waals surface area contributed by atoms with Crippen molar-refractivity contribution in [3.05, 3.63) is 72.9 Å². The average Bonchev–Trinajstić information content (AvgIpc) is 3.24. The molecule has 0 fully saturated rings. The second-order valence-electron chi connectivity index (χ2n) is 16.8. The van der Waals surface area contributed by atoms with Crippen LogP contribution in [0, 0.1) is 0 Å². The molecule has 0 spiro atoms. The first-order valence-corrected chi connectivity index (χ1v) is 25.2. The molecule has 0 saturated carbocycles. The molecule has 0 aromatic carbocycles. The smallest absolute Gasteiger partial charge is 0.306 e. The summed E-state index contributed by atoms with van der Waals surface area (Å²) in [7, 11) is 0. The number of unbranched alkanes of at least 4 members (excludes halogenated alkanes) is 20. The largest absolute Gasteiger partial charge is 0.462 e. The summed E-state index contributed by atoms with van der Waals surface area (Å²) in [5, 5.41) is 23.7. The number of hydrogen-bond donors (Lipinski definition) is 3. The molecule has 3 N–H and O–H groups in total. The van der Waals surface area contributed by atoms with Gasteiger partial charge in [0.05, 0.1) is 25.2 Å². The van der Waals surface area contributed by atoms with Gasteiger partial charge in [0, 0.05) is 6.42 Å². The average molecular weight is 838 g/mol. The SMILES string of the molecule is CC/C=C/C/C=C/CCCCCCCC(CC(=O)NC(CO)C(O)CCCCCCCCCCCCCC)OC(=O)CCC/C=C\C/C=C\C/C=C\C/C=C\CCCCC. The van der Waals surface area contributed by atoms with Gasteiger partial charge >= 0.3 is 5.97 Å². The predicted molar refractivity (Wildman–Crippen MR) is 259 cm³/mol. The first kappa shape index (κ1) is 57.3. The van der Waals surface area contributed by atoms with E-state index in [2.05, 4.69) is 99.0 Å². The number of aliphatic hydroxyl groups excluding tert-OH is 2. The number of allylic oxidation sites excluding steroid dienone is 12. The molecule has 0 radical (unpaired) electrons. The maximum atomic E-state index is 13.2. The van der Waals surface area contributed by atoms with E-state index in [0.29, 0.717) is 25.7 Å². The van der Waals surface area contributed by atoms with Crippen molar-refractivity contribution < 1.29 is 24.5 Å². The summed E-state index contributed by atoms with van der Waals surface area (Å²) in [5.74, 6) is -0.558. The number of esters is 1. The summed E-state index contributed by atoms with van der Waals surface area (Å²) in [6.07, 6.45) is 59.6. The van der Waals surface area contributed by atoms with Crippen LogP contribution in [0.3, 0.4) is 0 Å². The fourth-order valence-electron chi connectivity index (χ4n) is 7.22. The van der Waals surface area contributed by atoms with Crippen LogP contribution in [0.2, 0.25) is 0 Å². The number of carbonyl (C=O) groups is 2. The first-order chi connectivity index (χ1) is 29.5. The standard InChI is InChI=1S/C54H95NO5/c1-4-7-10-13-16-19-22-25-26-27-28-29-32-35-38-41-44-47-54(59)60-50(45-42-39-36-33-30-23-20-17-14-11-8-5-2)48-53(58)55-51(49-56)52(57)46-43-40-37-34-31-24-21-18-15-12-9-6-3/h8,11,16-17,19-20,25-26,28-29,35,38,50-52,56-57H,4-7,9-10,12-15,18,21-24,27,30-34,36-37,39-49H2,1-3H3,(H,55,58)/b11-8+,19-16-,20-17+,26-25-,29-28-,38-35-. The highest BCUT2D eigenvalue weighted by molar-refractivity contribution is 5.77. The molecule has 0 aromatic rings. The van der Waals surface area contributed by atoms with Crippen molar-refractivity contribution in [3.8, 4) is 0 Å². The van der Waals surface area contributed by atoms with Gasteiger partial charge < -0.3 is 20.3 Å². The molecule has 0 aliphatic heterocycles. The van der Waals surface area contributed by atoms with Crippen molar-refractivity contribution in [3.63, 3.8) is 0 Å². The Balaban J connectivity index is 4.67. The molecule has 0 bridgehead atoms. The Kier molecular flexibility index (Phi) is 45.2. The second-order valence-corrected chi connectivity index (χ2v) is 16.8. The lowest BCUT2D eigenvalue weighted by Crippen LogP contribution is -2.46. The molecule has 6 nitrogen and oxygen atoms in total. The van der Waals surface area contributed by atoms with Gasteiger partial charge in [0.1, 0.15) is 6.10 Å². The minimum absolute atomic E-state index is 0.0437. The summed E-state index contributed by atoms with van der Waals surface area (Å²) in [4.78, 5) is 26.1. The number of nitrogens with one attached hydrogen (secondary N) is 1. The quantitative estimate of drug-likeness (QED) is 0.0323. The van der Waals surface area contributed by atoms with Gasteiger partial charge in [0.15, 0.2) is 0 Å². The molecule has 0 aromatic heterocycles. The molecule has 6 heteroatoms. The predicted octanol–water partition coefficient (Wildman–Crippen LogP) is 15.0. The van der Waals surface area contributed by atoms with E-state index in [9.17, 15) is 19.8 Å². The molecule has 346 valence electrons. The zero-order chi connectivity index (χ0) is 43.8. The van der Waals surface area contributed by atoms with Crippen LogP contribution in [0.5, 0.6) is 0 Å². The highest BCUT2D eigenvalue weighted by Crippen LogP contribution is 2.17. The van der Waals surface area contributed by atoms with E-state index < -0.39 is 18.2 Å². The molecular weight excluding hydrogens is 743 g/mol. The van der Waals surface area contributed by atoms with Gasteiger partial charge in [0.2, 0.25) is 5.91 Å². The lowest BCUT2D eigenvalue weighted by atomic mass is 10.0. The van der Waals surface area contributed by atoms with E-state index in [-0.39, 0.29) is 24.9 Å². The Morgan fingerprint density at radius 3 is 1.40 bits per heavy atom. The van der Waals surface area contributed by atoms with E-state index in [1.807, 2.05) is 0 Å². The third kappa shape index (κ3) is 42.0. The first-order valence-electron chi connectivity index (χ1n) is 25.2. The Bertz CT molecular complexity index is 1120. The van der Waals surface area contributed by atoms with Crippen molar-refractivity contribution in [2.45, 2.75) is 251 Å². The van der Waals surface area contributed by atoms with Crippen LogP contribution in [-0.4, -0.2) is 46.9 Å². The van der Waals surface area contributed by atoms with Crippen LogP contribution < -0.4 is 5.32 Å². The summed E-state index contributed by atoms with van der Waals surface area (Å²) < 4.78 is 5.89. The Hall–Kier alpha value is -2.70. The van der Waals surface area contributed by atoms with E-state index in [1.54, 1.807) is 0 Å². The topological polar surface area (TPSA) is 95.9 Å². The van der Waals surface area contributed by atoms with E-state index in [1.165, 1.54) is 89.9 Å². The fourth-order valence-corrected chi connectivity index (χ4v) is 7.22. The normalized spacial score (nSPS) is 13.9. The molecule has 0 aliphatic rings. The summed E-state index contributed by atoms with van der Waals surface area (Å²) in [6.45, 7) is 6.32. The molecule has 0 heterocycles. The number of ether oxygens (including phenoxy) is 1. The molecule has 3 unspecified atom stereocenters. The van der Waals surface area contributed by atoms with Crippen LogP contribution >= 0.6 is 0 Å². The van der Waals surface area contributed by atoms with E-state index >= 15 is 0 Å². The second kappa shape index (κ2) is 47.4. The highest BCUT2D eigenvalue weighted by atomic mass is 16.5. The lowest BCUT2D eigenvalue weighted by molar-refractivity contribution is -0.151. The van der Waals surface area contributed by atoms with Crippen molar-refractivity contribution in [2.75, 3.05) is 6.61 Å². The van der Waals surface area contributed by atoms with Crippen LogP contribution in [-0.2, 0) is 14.3 Å². The lowest BCUT2D eigenvalue weighted by Gasteiger charge is -2.24. The molecule has 1 amide bonds. The zero-order valence-corrected chi connectivity index (χ0v) is 39.3. The Morgan fingerprint density at radius 2 is 0.900 bits per heavy atom. The van der Waals surface area contributed by atoms with Gasteiger partial charge in [-0.05, 0) is 89.9 Å². The summed E-state index contributed by atoms with van der Waals surface area (Å²) >= 11 is 0. The maximum Gasteiger partial charge on any atom is 0.306 e. The summed E-state index contributed by atoms with van der Waals surface area (Å²) in [6, 6.07) is -0.719. The van der Waals surface area contributed by atoms with Gasteiger partial charge in [-0.25, -0.2) is 0 Å². The van der Waals surface area contributed by atoms with Gasteiger partial charge in [-0.1, -0.05) is 203 Å². The van der Waals surface area contributed by atoms with Gasteiger partial charge in [-0.2, -0.15) is 0 Å². The van der Waals surface area contributed by atoms with Crippen molar-refractivity contribution in [1.29, 1.82) is 0 Å². The van der Waals surface area contributed by atoms with Crippen LogP contribution in [0.4, 0.5) is 0 Å². The molecule has 0 aliphatic carbocycles. The van der Waals surface area contributed by atoms with Gasteiger partial charge in [-0.3, -0.25) is 9.59 Å². The minimum atomic E-state index is -0.802. The number of carbonyl (C=O) groups excluding carboxylic acids is 2. The number of hydrogen-bond acceptors (Lipinski definition) is 5. The van der Waals surface area contributed by atoms with Crippen molar-refractivity contribution >= 4 is 11.9 Å². The molecule has 0 saturated heterocycles. The Labute approximate surface area is 371 Å². The third-order valence-corrected chi connectivity index (χ3v) is 11.0. The van der Waals surface area contributed by atoms with E-state index in [4.69, 9.17) is 4.74 Å². The molecule has 0 rings (SSSR count).